The summed E-state index contributed by atoms with van der Waals surface area (Å²) in [5, 5.41) is 5.23. The number of carbonyl (C=O) groups is 3. The summed E-state index contributed by atoms with van der Waals surface area (Å²) < 4.78 is 13.5. The number of benzene rings is 1. The van der Waals surface area contributed by atoms with Gasteiger partial charge in [0.25, 0.3) is 11.8 Å². The zero-order valence-corrected chi connectivity index (χ0v) is 16.3. The van der Waals surface area contributed by atoms with E-state index in [4.69, 9.17) is 5.73 Å². The summed E-state index contributed by atoms with van der Waals surface area (Å²) in [5.74, 6) is -1.41. The van der Waals surface area contributed by atoms with Crippen molar-refractivity contribution in [3.05, 3.63) is 60.2 Å². The molecule has 2 aromatic rings. The molecular weight excluding hydrogens is 391 g/mol. The van der Waals surface area contributed by atoms with Crippen molar-refractivity contribution in [3.8, 4) is 0 Å². The summed E-state index contributed by atoms with van der Waals surface area (Å²) >= 11 is 0. The van der Waals surface area contributed by atoms with E-state index in [0.29, 0.717) is 18.5 Å². The number of pyridine rings is 1. The highest BCUT2D eigenvalue weighted by Crippen LogP contribution is 2.20. The smallest absolute Gasteiger partial charge is 0.323 e. The molecule has 9 nitrogen and oxygen atoms in total. The van der Waals surface area contributed by atoms with Gasteiger partial charge in [0.2, 0.25) is 0 Å². The Morgan fingerprint density at radius 1 is 1.13 bits per heavy atom. The molecule has 158 valence electrons. The van der Waals surface area contributed by atoms with E-state index >= 15 is 0 Å². The van der Waals surface area contributed by atoms with Crippen molar-refractivity contribution < 1.29 is 18.8 Å². The number of amides is 4. The Balaban J connectivity index is 1.87. The van der Waals surface area contributed by atoms with Crippen molar-refractivity contribution in [2.24, 2.45) is 5.73 Å². The van der Waals surface area contributed by atoms with Gasteiger partial charge in [-0.25, -0.2) is 9.18 Å². The summed E-state index contributed by atoms with van der Waals surface area (Å²) in [6.45, 7) is 0.964. The topological polar surface area (TPSA) is 121 Å². The number of carbonyl (C=O) groups excluding carboxylic acids is 3. The summed E-state index contributed by atoms with van der Waals surface area (Å²) in [6.07, 6.45) is 2.28. The predicted molar refractivity (Wildman–Crippen MR) is 108 cm³/mol. The van der Waals surface area contributed by atoms with Crippen LogP contribution < -0.4 is 16.4 Å². The Bertz CT molecular complexity index is 910. The van der Waals surface area contributed by atoms with E-state index in [1.165, 1.54) is 46.5 Å². The third kappa shape index (κ3) is 4.90. The van der Waals surface area contributed by atoms with Crippen LogP contribution >= 0.6 is 0 Å². The van der Waals surface area contributed by atoms with E-state index in [0.717, 1.165) is 0 Å². The highest BCUT2D eigenvalue weighted by Gasteiger charge is 2.40. The number of hydrogen-bond donors (Lipinski definition) is 3. The molecule has 1 fully saturated rings. The van der Waals surface area contributed by atoms with Gasteiger partial charge in [0, 0.05) is 49.8 Å². The van der Waals surface area contributed by atoms with E-state index < -0.39 is 29.8 Å². The zero-order chi connectivity index (χ0) is 21.5. The maximum absolute atomic E-state index is 13.5. The molecule has 2 heterocycles. The minimum Gasteiger partial charge on any atom is -0.351 e. The van der Waals surface area contributed by atoms with Crippen LogP contribution in [0.15, 0.2) is 48.8 Å². The fourth-order valence-electron chi connectivity index (χ4n) is 3.24. The third-order valence-electron chi connectivity index (χ3n) is 4.59. The molecule has 1 unspecified atom stereocenters. The maximum atomic E-state index is 13.5. The molecule has 0 saturated carbocycles. The van der Waals surface area contributed by atoms with Gasteiger partial charge in [-0.2, -0.15) is 0 Å². The molecule has 0 bridgehead atoms. The van der Waals surface area contributed by atoms with Gasteiger partial charge in [0.15, 0.2) is 6.17 Å². The molecule has 3 rings (SSSR count). The highest BCUT2D eigenvalue weighted by molar-refractivity contribution is 6.00. The lowest BCUT2D eigenvalue weighted by Gasteiger charge is -2.42. The first-order valence-electron chi connectivity index (χ1n) is 9.53. The second-order valence-corrected chi connectivity index (χ2v) is 6.68. The lowest BCUT2D eigenvalue weighted by Crippen LogP contribution is -2.64. The first kappa shape index (κ1) is 21.2. The first-order valence-corrected chi connectivity index (χ1v) is 9.53. The Kier molecular flexibility index (Phi) is 6.91. The van der Waals surface area contributed by atoms with E-state index in [9.17, 15) is 18.8 Å². The minimum absolute atomic E-state index is 0.200. The SMILES string of the molecule is NCCNC(=O)C1N(C(=O)Nc2cccc(F)c2)CCCN1C(=O)c1ccncc1. The van der Waals surface area contributed by atoms with Crippen LogP contribution in [-0.4, -0.2) is 65.0 Å². The third-order valence-corrected chi connectivity index (χ3v) is 4.59. The molecule has 1 atom stereocenters. The molecule has 1 saturated heterocycles. The van der Waals surface area contributed by atoms with Crippen LogP contribution in [0.5, 0.6) is 0 Å². The number of hydrogen-bond acceptors (Lipinski definition) is 5. The number of nitrogens with one attached hydrogen (secondary N) is 2. The van der Waals surface area contributed by atoms with Gasteiger partial charge in [-0.05, 0) is 36.8 Å². The molecule has 1 aliphatic rings. The van der Waals surface area contributed by atoms with Crippen LogP contribution in [0, 0.1) is 5.82 Å². The van der Waals surface area contributed by atoms with Crippen molar-refractivity contribution in [2.45, 2.75) is 12.6 Å². The molecule has 0 spiro atoms. The van der Waals surface area contributed by atoms with Crippen LogP contribution in [0.3, 0.4) is 0 Å². The summed E-state index contributed by atoms with van der Waals surface area (Å²) in [7, 11) is 0. The molecule has 1 aromatic carbocycles. The van der Waals surface area contributed by atoms with Gasteiger partial charge in [-0.3, -0.25) is 19.5 Å². The van der Waals surface area contributed by atoms with Crippen LogP contribution in [-0.2, 0) is 4.79 Å². The standard InChI is InChI=1S/C20H23FN6O3/c21-15-3-1-4-16(13-15)25-20(30)27-12-2-11-26(18(27)17(28)24-10-7-22)19(29)14-5-8-23-9-6-14/h1,3-6,8-9,13,18H,2,7,10-12,22H2,(H,24,28)(H,25,30). The van der Waals surface area contributed by atoms with Crippen LogP contribution in [0.25, 0.3) is 0 Å². The van der Waals surface area contributed by atoms with Gasteiger partial charge in [-0.1, -0.05) is 6.07 Å². The Labute approximate surface area is 173 Å². The van der Waals surface area contributed by atoms with Gasteiger partial charge >= 0.3 is 6.03 Å². The quantitative estimate of drug-likeness (QED) is 0.674. The van der Waals surface area contributed by atoms with Crippen molar-refractivity contribution in [2.75, 3.05) is 31.5 Å². The minimum atomic E-state index is -1.17. The zero-order valence-electron chi connectivity index (χ0n) is 16.3. The van der Waals surface area contributed by atoms with Crippen LogP contribution in [0.2, 0.25) is 0 Å². The van der Waals surface area contributed by atoms with Gasteiger partial charge in [0.05, 0.1) is 0 Å². The Hall–Kier alpha value is -3.53. The molecule has 30 heavy (non-hydrogen) atoms. The second kappa shape index (κ2) is 9.79. The van der Waals surface area contributed by atoms with Crippen molar-refractivity contribution in [1.82, 2.24) is 20.1 Å². The molecule has 0 radical (unpaired) electrons. The van der Waals surface area contributed by atoms with Crippen molar-refractivity contribution in [3.63, 3.8) is 0 Å². The van der Waals surface area contributed by atoms with Crippen LogP contribution in [0.4, 0.5) is 14.9 Å². The summed E-state index contributed by atoms with van der Waals surface area (Å²) in [6, 6.07) is 7.91. The largest absolute Gasteiger partial charge is 0.351 e. The maximum Gasteiger partial charge on any atom is 0.323 e. The predicted octanol–water partition coefficient (Wildman–Crippen LogP) is 1.00. The van der Waals surface area contributed by atoms with E-state index in [1.54, 1.807) is 12.1 Å². The fraction of sp³-hybridized carbons (Fsp3) is 0.300. The summed E-state index contributed by atoms with van der Waals surface area (Å²) in [5.41, 5.74) is 6.08. The fourth-order valence-corrected chi connectivity index (χ4v) is 3.24. The normalized spacial score (nSPS) is 16.1. The second-order valence-electron chi connectivity index (χ2n) is 6.68. The molecule has 1 aliphatic heterocycles. The number of urea groups is 1. The lowest BCUT2D eigenvalue weighted by atomic mass is 10.1. The van der Waals surface area contributed by atoms with Gasteiger partial charge in [0.1, 0.15) is 5.82 Å². The number of nitrogens with two attached hydrogens (primary N) is 1. The van der Waals surface area contributed by atoms with Crippen molar-refractivity contribution in [1.29, 1.82) is 0 Å². The van der Waals surface area contributed by atoms with E-state index in [-0.39, 0.29) is 25.3 Å². The molecular formula is C20H23FN6O3. The highest BCUT2D eigenvalue weighted by atomic mass is 19.1. The number of aromatic nitrogens is 1. The van der Waals surface area contributed by atoms with Gasteiger partial charge in [-0.15, -0.1) is 0 Å². The molecule has 1 aromatic heterocycles. The van der Waals surface area contributed by atoms with Gasteiger partial charge < -0.3 is 21.3 Å². The molecule has 4 N–H and O–H groups in total. The first-order chi connectivity index (χ1) is 14.5. The number of rotatable bonds is 5. The molecule has 10 heteroatoms. The summed E-state index contributed by atoms with van der Waals surface area (Å²) in [4.78, 5) is 45.3. The average molecular weight is 414 g/mol. The number of nitrogens with zero attached hydrogens (tertiary/aromatic N) is 3. The molecule has 0 aliphatic carbocycles. The number of anilines is 1. The van der Waals surface area contributed by atoms with Crippen molar-refractivity contribution >= 4 is 23.5 Å². The van der Waals surface area contributed by atoms with E-state index in [2.05, 4.69) is 15.6 Å². The molecule has 4 amide bonds. The van der Waals surface area contributed by atoms with E-state index in [1.807, 2.05) is 0 Å². The number of halogens is 1. The van der Waals surface area contributed by atoms with Crippen LogP contribution in [0.1, 0.15) is 16.8 Å². The average Bonchev–Trinajstić information content (AvgIpc) is 2.77. The monoisotopic (exact) mass is 414 g/mol. The lowest BCUT2D eigenvalue weighted by molar-refractivity contribution is -0.132. The Morgan fingerprint density at radius 2 is 1.87 bits per heavy atom. The Morgan fingerprint density at radius 3 is 2.57 bits per heavy atom.